The van der Waals surface area contributed by atoms with Gasteiger partial charge in [-0.1, -0.05) is 12.1 Å². The third-order valence-corrected chi connectivity index (χ3v) is 3.21. The summed E-state index contributed by atoms with van der Waals surface area (Å²) in [6, 6.07) is 7.37. The van der Waals surface area contributed by atoms with Crippen LogP contribution in [0.2, 0.25) is 0 Å². The maximum absolute atomic E-state index is 11.0. The van der Waals surface area contributed by atoms with E-state index in [9.17, 15) is 4.79 Å². The van der Waals surface area contributed by atoms with Crippen LogP contribution >= 0.6 is 0 Å². The van der Waals surface area contributed by atoms with Crippen molar-refractivity contribution in [3.63, 3.8) is 0 Å². The lowest BCUT2D eigenvalue weighted by atomic mass is 10.0. The van der Waals surface area contributed by atoms with Crippen LogP contribution in [0.5, 0.6) is 11.5 Å². The highest BCUT2D eigenvalue weighted by atomic mass is 16.5. The van der Waals surface area contributed by atoms with Gasteiger partial charge >= 0.3 is 5.97 Å². The largest absolute Gasteiger partial charge is 0.493 e. The maximum atomic E-state index is 11.0. The fraction of sp³-hybridized carbons (Fsp3) is 0.462. The summed E-state index contributed by atoms with van der Waals surface area (Å²) in [6.07, 6.45) is 2.08. The van der Waals surface area contributed by atoms with E-state index in [1.807, 2.05) is 24.3 Å². The van der Waals surface area contributed by atoms with Crippen LogP contribution < -0.4 is 9.47 Å². The Bertz CT molecular complexity index is 410. The summed E-state index contributed by atoms with van der Waals surface area (Å²) in [4.78, 5) is 11.0. The molecule has 1 saturated carbocycles. The second kappa shape index (κ2) is 4.65. The molecular weight excluding hydrogens is 220 g/mol. The zero-order chi connectivity index (χ0) is 12.3. The lowest BCUT2D eigenvalue weighted by Crippen LogP contribution is -2.18. The summed E-state index contributed by atoms with van der Waals surface area (Å²) in [7, 11) is 1.59. The van der Waals surface area contributed by atoms with Gasteiger partial charge in [0.2, 0.25) is 0 Å². The van der Waals surface area contributed by atoms with Gasteiger partial charge in [-0.25, -0.2) is 0 Å². The van der Waals surface area contributed by atoms with Crippen LogP contribution in [0.25, 0.3) is 0 Å². The number of carboxylic acids is 1. The molecule has 0 saturated heterocycles. The van der Waals surface area contributed by atoms with Gasteiger partial charge in [0.15, 0.2) is 11.5 Å². The van der Waals surface area contributed by atoms with Crippen molar-refractivity contribution in [3.8, 4) is 11.5 Å². The van der Waals surface area contributed by atoms with Crippen LogP contribution in [0.15, 0.2) is 24.3 Å². The van der Waals surface area contributed by atoms with Crippen LogP contribution in [-0.2, 0) is 4.79 Å². The van der Waals surface area contributed by atoms with Crippen LogP contribution in [0.1, 0.15) is 19.3 Å². The molecule has 1 aromatic carbocycles. The number of hydrogen-bond acceptors (Lipinski definition) is 3. The van der Waals surface area contributed by atoms with Crippen molar-refractivity contribution in [2.24, 2.45) is 5.41 Å². The summed E-state index contributed by atoms with van der Waals surface area (Å²) in [6.45, 7) is 0.409. The molecule has 1 aromatic rings. The van der Waals surface area contributed by atoms with Crippen molar-refractivity contribution in [1.82, 2.24) is 0 Å². The highest BCUT2D eigenvalue weighted by Crippen LogP contribution is 2.49. The first-order chi connectivity index (χ1) is 8.18. The first kappa shape index (κ1) is 11.8. The molecule has 2 rings (SSSR count). The molecule has 17 heavy (non-hydrogen) atoms. The van der Waals surface area contributed by atoms with E-state index in [0.717, 1.165) is 12.8 Å². The first-order valence-corrected chi connectivity index (χ1v) is 5.67. The molecule has 0 unspecified atom stereocenters. The molecule has 0 bridgehead atoms. The second-order valence-corrected chi connectivity index (χ2v) is 4.33. The number of methoxy groups -OCH3 is 1. The predicted molar refractivity (Wildman–Crippen MR) is 62.4 cm³/mol. The zero-order valence-electron chi connectivity index (χ0n) is 9.81. The topological polar surface area (TPSA) is 55.8 Å². The quantitative estimate of drug-likeness (QED) is 0.823. The Morgan fingerprint density at radius 3 is 2.53 bits per heavy atom. The number of hydrogen-bond donors (Lipinski definition) is 1. The molecule has 0 atom stereocenters. The van der Waals surface area contributed by atoms with Crippen molar-refractivity contribution in [3.05, 3.63) is 24.3 Å². The van der Waals surface area contributed by atoms with Crippen LogP contribution in [0.3, 0.4) is 0 Å². The van der Waals surface area contributed by atoms with Gasteiger partial charge in [-0.2, -0.15) is 0 Å². The van der Waals surface area contributed by atoms with Gasteiger partial charge in [-0.3, -0.25) is 4.79 Å². The molecule has 0 radical (unpaired) electrons. The van der Waals surface area contributed by atoms with Crippen LogP contribution in [0, 0.1) is 5.41 Å². The monoisotopic (exact) mass is 236 g/mol. The Morgan fingerprint density at radius 1 is 1.35 bits per heavy atom. The molecule has 1 N–H and O–H groups in total. The van der Waals surface area contributed by atoms with Gasteiger partial charge in [0.1, 0.15) is 0 Å². The summed E-state index contributed by atoms with van der Waals surface area (Å²) in [5.41, 5.74) is -0.526. The molecule has 0 heterocycles. The van der Waals surface area contributed by atoms with Crippen molar-refractivity contribution >= 4 is 5.97 Å². The van der Waals surface area contributed by atoms with E-state index in [1.54, 1.807) is 7.11 Å². The van der Waals surface area contributed by atoms with Crippen molar-refractivity contribution in [1.29, 1.82) is 0 Å². The molecule has 0 spiro atoms. The van der Waals surface area contributed by atoms with E-state index < -0.39 is 11.4 Å². The predicted octanol–water partition coefficient (Wildman–Crippen LogP) is 2.33. The minimum atomic E-state index is -0.707. The molecule has 4 heteroatoms. The Labute approximate surface area is 100 Å². The number of benzene rings is 1. The zero-order valence-corrected chi connectivity index (χ0v) is 9.81. The summed E-state index contributed by atoms with van der Waals surface area (Å²) >= 11 is 0. The van der Waals surface area contributed by atoms with E-state index in [4.69, 9.17) is 14.6 Å². The van der Waals surface area contributed by atoms with Crippen molar-refractivity contribution < 1.29 is 19.4 Å². The Balaban J connectivity index is 1.88. The average molecular weight is 236 g/mol. The standard InChI is InChI=1S/C13H16O4/c1-16-10-4-2-3-5-11(10)17-9-8-13(6-7-13)12(14)15/h2-5H,6-9H2,1H3,(H,14,15). The Morgan fingerprint density at radius 2 is 2.00 bits per heavy atom. The molecule has 92 valence electrons. The van der Waals surface area contributed by atoms with Crippen LogP contribution in [0.4, 0.5) is 0 Å². The van der Waals surface area contributed by atoms with Gasteiger partial charge in [0, 0.05) is 0 Å². The smallest absolute Gasteiger partial charge is 0.309 e. The lowest BCUT2D eigenvalue weighted by Gasteiger charge is -2.12. The third kappa shape index (κ3) is 2.52. The third-order valence-electron chi connectivity index (χ3n) is 3.21. The number of ether oxygens (including phenoxy) is 2. The number of aliphatic carboxylic acids is 1. The SMILES string of the molecule is COc1ccccc1OCCC1(C(=O)O)CC1. The van der Waals surface area contributed by atoms with Crippen molar-refractivity contribution in [2.75, 3.05) is 13.7 Å². The number of carbonyl (C=O) groups is 1. The fourth-order valence-corrected chi connectivity index (χ4v) is 1.82. The lowest BCUT2D eigenvalue weighted by molar-refractivity contribution is -0.143. The minimum absolute atomic E-state index is 0.409. The molecule has 4 nitrogen and oxygen atoms in total. The summed E-state index contributed by atoms with van der Waals surface area (Å²) in [5, 5.41) is 9.02. The number of para-hydroxylation sites is 2. The average Bonchev–Trinajstić information content (AvgIpc) is 3.11. The van der Waals surface area contributed by atoms with E-state index in [-0.39, 0.29) is 0 Å². The highest BCUT2D eigenvalue weighted by Gasteiger charge is 2.49. The van der Waals surface area contributed by atoms with Crippen molar-refractivity contribution in [2.45, 2.75) is 19.3 Å². The van der Waals surface area contributed by atoms with Gasteiger partial charge in [-0.15, -0.1) is 0 Å². The van der Waals surface area contributed by atoms with E-state index in [1.165, 1.54) is 0 Å². The van der Waals surface area contributed by atoms with E-state index in [2.05, 4.69) is 0 Å². The number of carboxylic acid groups (broad SMARTS) is 1. The normalized spacial score (nSPS) is 16.3. The van der Waals surface area contributed by atoms with E-state index >= 15 is 0 Å². The Kier molecular flexibility index (Phi) is 3.22. The molecular formula is C13H16O4. The Hall–Kier alpha value is -1.71. The molecule has 1 fully saturated rings. The van der Waals surface area contributed by atoms with Gasteiger partial charge in [0.05, 0.1) is 19.1 Å². The first-order valence-electron chi connectivity index (χ1n) is 5.67. The minimum Gasteiger partial charge on any atom is -0.493 e. The highest BCUT2D eigenvalue weighted by molar-refractivity contribution is 5.77. The number of rotatable bonds is 6. The molecule has 0 aromatic heterocycles. The summed E-state index contributed by atoms with van der Waals surface area (Å²) in [5.74, 6) is 0.630. The molecule has 1 aliphatic rings. The fourth-order valence-electron chi connectivity index (χ4n) is 1.82. The van der Waals surface area contributed by atoms with E-state index in [0.29, 0.717) is 24.5 Å². The molecule has 0 aliphatic heterocycles. The van der Waals surface area contributed by atoms with Gasteiger partial charge in [0.25, 0.3) is 0 Å². The molecule has 1 aliphatic carbocycles. The summed E-state index contributed by atoms with van der Waals surface area (Å²) < 4.78 is 10.7. The molecule has 0 amide bonds. The van der Waals surface area contributed by atoms with Gasteiger partial charge in [-0.05, 0) is 31.4 Å². The second-order valence-electron chi connectivity index (χ2n) is 4.33. The maximum Gasteiger partial charge on any atom is 0.309 e. The van der Waals surface area contributed by atoms with Gasteiger partial charge < -0.3 is 14.6 Å². The van der Waals surface area contributed by atoms with Crippen LogP contribution in [-0.4, -0.2) is 24.8 Å².